The Labute approximate surface area is 465 Å². The van der Waals surface area contributed by atoms with Gasteiger partial charge in [-0.25, -0.2) is 0 Å². The number of carbonyl (C=O) groups excluding carboxylic acids is 2. The summed E-state index contributed by atoms with van der Waals surface area (Å²) in [6.45, 7) is 12.6. The average Bonchev–Trinajstić information content (AvgIpc) is 4.15. The Hall–Kier alpha value is -2.26. The summed E-state index contributed by atoms with van der Waals surface area (Å²) in [7, 11) is 0. The molecule has 2 saturated heterocycles. The van der Waals surface area contributed by atoms with E-state index in [1.165, 1.54) is 238 Å². The van der Waals surface area contributed by atoms with Gasteiger partial charge in [-0.15, -0.1) is 0 Å². The monoisotopic (exact) mass is 1050 g/mol. The normalized spacial score (nSPS) is 15.7. The van der Waals surface area contributed by atoms with Crippen molar-refractivity contribution in [2.45, 2.75) is 328 Å². The van der Waals surface area contributed by atoms with E-state index in [0.29, 0.717) is 12.8 Å². The molecule has 4 atom stereocenters. The highest BCUT2D eigenvalue weighted by Gasteiger charge is 2.27. The molecule has 2 aliphatic heterocycles. The van der Waals surface area contributed by atoms with E-state index >= 15 is 0 Å². The van der Waals surface area contributed by atoms with Crippen molar-refractivity contribution in [2.24, 2.45) is 0 Å². The summed E-state index contributed by atoms with van der Waals surface area (Å²) in [6.07, 6.45) is 59.0. The summed E-state index contributed by atoms with van der Waals surface area (Å²) in [5.41, 5.74) is 0.878. The molecule has 0 aliphatic carbocycles. The molecule has 75 heavy (non-hydrogen) atoms. The van der Waals surface area contributed by atoms with Crippen molar-refractivity contribution in [3.05, 3.63) is 48.0 Å². The van der Waals surface area contributed by atoms with Crippen molar-refractivity contribution in [1.82, 2.24) is 20.4 Å². The number of aliphatic hydroxyl groups is 2. The molecule has 4 N–H and O–H groups in total. The summed E-state index contributed by atoms with van der Waals surface area (Å²) in [5, 5.41) is 28.2. The van der Waals surface area contributed by atoms with Crippen LogP contribution < -0.4 is 10.6 Å². The quantitative estimate of drug-likeness (QED) is 0.0383. The zero-order valence-electron chi connectivity index (χ0n) is 49.8. The Kier molecular flexibility index (Phi) is 47.0. The van der Waals surface area contributed by atoms with Crippen LogP contribution in [0.25, 0.3) is 0 Å². The number of carbonyl (C=O) groups is 2. The first-order valence-corrected chi connectivity index (χ1v) is 33.0. The maximum atomic E-state index is 12.8. The first-order chi connectivity index (χ1) is 36.9. The second-order valence-electron chi connectivity index (χ2n) is 23.4. The smallest absolute Gasteiger partial charge is 0.220 e. The number of hydrogen-bond acceptors (Lipinski definition) is 6. The van der Waals surface area contributed by atoms with Gasteiger partial charge in [0.15, 0.2) is 0 Å². The molecule has 4 unspecified atom stereocenters. The van der Waals surface area contributed by atoms with E-state index in [9.17, 15) is 19.8 Å². The first kappa shape index (κ1) is 68.8. The molecule has 8 heteroatoms. The van der Waals surface area contributed by atoms with Crippen molar-refractivity contribution < 1.29 is 19.8 Å². The van der Waals surface area contributed by atoms with Crippen LogP contribution in [0.5, 0.6) is 0 Å². The fourth-order valence-corrected chi connectivity index (χ4v) is 11.3. The number of benzene rings is 1. The predicted octanol–water partition coefficient (Wildman–Crippen LogP) is 17.4. The van der Waals surface area contributed by atoms with Gasteiger partial charge in [0.25, 0.3) is 0 Å². The molecule has 3 rings (SSSR count). The Balaban J connectivity index is 0.000000528. The van der Waals surface area contributed by atoms with Gasteiger partial charge in [0.1, 0.15) is 6.10 Å². The Morgan fingerprint density at radius 2 is 0.747 bits per heavy atom. The Bertz CT molecular complexity index is 1410. The number of rotatable bonds is 50. The van der Waals surface area contributed by atoms with Crippen molar-refractivity contribution in [3.8, 4) is 0 Å². The van der Waals surface area contributed by atoms with E-state index < -0.39 is 12.2 Å². The van der Waals surface area contributed by atoms with Gasteiger partial charge in [-0.1, -0.05) is 282 Å². The minimum Gasteiger partial charge on any atom is -0.387 e. The highest BCUT2D eigenvalue weighted by atomic mass is 16.3. The lowest BCUT2D eigenvalue weighted by atomic mass is 10.0. The van der Waals surface area contributed by atoms with Gasteiger partial charge in [-0.2, -0.15) is 0 Å². The minimum absolute atomic E-state index is 0.0808. The van der Waals surface area contributed by atoms with E-state index in [1.54, 1.807) is 0 Å². The molecule has 2 aliphatic rings. The van der Waals surface area contributed by atoms with Gasteiger partial charge < -0.3 is 30.6 Å². The van der Waals surface area contributed by atoms with E-state index in [4.69, 9.17) is 0 Å². The Morgan fingerprint density at radius 3 is 1.11 bits per heavy atom. The number of hydrogen-bond donors (Lipinski definition) is 4. The van der Waals surface area contributed by atoms with Crippen LogP contribution in [0.3, 0.4) is 0 Å². The van der Waals surface area contributed by atoms with Gasteiger partial charge in [-0.05, 0) is 83.1 Å². The zero-order chi connectivity index (χ0) is 53.9. The van der Waals surface area contributed by atoms with Gasteiger partial charge in [0.2, 0.25) is 11.8 Å². The van der Waals surface area contributed by atoms with Gasteiger partial charge in [0, 0.05) is 25.9 Å². The fraction of sp³-hybridized carbons (Fsp3) is 0.851. The zero-order valence-corrected chi connectivity index (χ0v) is 49.8. The summed E-state index contributed by atoms with van der Waals surface area (Å²) in [5.74, 6) is 0.192. The van der Waals surface area contributed by atoms with Crippen LogP contribution in [0.2, 0.25) is 0 Å². The number of nitrogens with zero attached hydrogens (tertiary/aromatic N) is 2. The molecule has 1 aromatic carbocycles. The first-order valence-electron chi connectivity index (χ1n) is 33.0. The molecule has 2 heterocycles. The molecule has 0 spiro atoms. The number of nitrogens with one attached hydrogen (secondary N) is 2. The van der Waals surface area contributed by atoms with Gasteiger partial charge in [-0.3, -0.25) is 9.59 Å². The number of unbranched alkanes of at least 4 members (excludes halogenated alkanes) is 35. The molecule has 0 bridgehead atoms. The van der Waals surface area contributed by atoms with E-state index in [1.807, 2.05) is 36.4 Å². The van der Waals surface area contributed by atoms with Gasteiger partial charge in [0.05, 0.1) is 18.2 Å². The fourth-order valence-electron chi connectivity index (χ4n) is 11.3. The number of amides is 2. The minimum atomic E-state index is -0.664. The van der Waals surface area contributed by atoms with E-state index in [2.05, 4.69) is 47.3 Å². The third kappa shape index (κ3) is 40.6. The summed E-state index contributed by atoms with van der Waals surface area (Å²) in [4.78, 5) is 30.1. The average molecular weight is 1050 g/mol. The van der Waals surface area contributed by atoms with Crippen LogP contribution >= 0.6 is 0 Å². The van der Waals surface area contributed by atoms with E-state index in [-0.39, 0.29) is 23.9 Å². The topological polar surface area (TPSA) is 105 Å². The molecule has 2 amide bonds. The second-order valence-corrected chi connectivity index (χ2v) is 23.4. The lowest BCUT2D eigenvalue weighted by Crippen LogP contribution is -2.49. The molecule has 436 valence electrons. The van der Waals surface area contributed by atoms with Crippen LogP contribution in [0.4, 0.5) is 0 Å². The van der Waals surface area contributed by atoms with Gasteiger partial charge >= 0.3 is 0 Å². The highest BCUT2D eigenvalue weighted by Crippen LogP contribution is 2.21. The second kappa shape index (κ2) is 51.2. The molecule has 8 nitrogen and oxygen atoms in total. The third-order valence-corrected chi connectivity index (χ3v) is 16.3. The van der Waals surface area contributed by atoms with Crippen molar-refractivity contribution in [3.63, 3.8) is 0 Å². The van der Waals surface area contributed by atoms with Crippen LogP contribution in [0.15, 0.2) is 42.5 Å². The molecule has 0 aromatic heterocycles. The van der Waals surface area contributed by atoms with Crippen LogP contribution in [0.1, 0.15) is 315 Å². The number of allylic oxidation sites excluding steroid dienone is 1. The van der Waals surface area contributed by atoms with Crippen LogP contribution in [-0.2, 0) is 9.59 Å². The summed E-state index contributed by atoms with van der Waals surface area (Å²) >= 11 is 0. The maximum Gasteiger partial charge on any atom is 0.220 e. The largest absolute Gasteiger partial charge is 0.387 e. The standard InChI is InChI=1S/C38H74N2O2.C29H50N2O2/c1-3-5-7-9-11-13-15-17-19-21-23-25-27-31-37(41)36(35-40-33-29-30-34-40)39-38(42)32-28-26-24-22-20-18-16-14-12-10-8-6-4-2;1-2-3-4-5-6-7-8-9-10-11-12-13-17-22-28(32)30-27(25-31-23-18-19-24-31)29(33)26-20-15-14-16-21-26/h27,31,36-37,41H,3-26,28-30,32-35H2,1-2H3,(H,39,42);14-16,20-21,27,29,33H,2-13,17-19,22-25H2,1H3,(H,30,32)/b31-27+;. The molecule has 0 saturated carbocycles. The van der Waals surface area contributed by atoms with Crippen LogP contribution in [-0.4, -0.2) is 89.3 Å². The van der Waals surface area contributed by atoms with Crippen molar-refractivity contribution >= 4 is 11.8 Å². The molecule has 2 fully saturated rings. The molecular weight excluding hydrogens is 925 g/mol. The summed E-state index contributed by atoms with van der Waals surface area (Å²) in [6, 6.07) is 9.28. The SMILES string of the molecule is CCCCCCCCCCCCC/C=C/C(O)C(CN1CCCC1)NC(=O)CCCCCCCCCCCCCCC.CCCCCCCCCCCCCCCC(=O)NC(CN1CCCC1)C(O)c1ccccc1. The van der Waals surface area contributed by atoms with Crippen molar-refractivity contribution in [2.75, 3.05) is 39.3 Å². The van der Waals surface area contributed by atoms with E-state index in [0.717, 1.165) is 76.9 Å². The number of likely N-dealkylation sites (tertiary alicyclic amines) is 2. The van der Waals surface area contributed by atoms with Crippen LogP contribution in [0, 0.1) is 0 Å². The summed E-state index contributed by atoms with van der Waals surface area (Å²) < 4.78 is 0. The molecule has 1 aromatic rings. The lowest BCUT2D eigenvalue weighted by molar-refractivity contribution is -0.123. The predicted molar refractivity (Wildman–Crippen MR) is 323 cm³/mol. The van der Waals surface area contributed by atoms with Crippen molar-refractivity contribution in [1.29, 1.82) is 0 Å². The maximum absolute atomic E-state index is 12.8. The lowest BCUT2D eigenvalue weighted by Gasteiger charge is -2.28. The third-order valence-electron chi connectivity index (χ3n) is 16.3. The Morgan fingerprint density at radius 1 is 0.440 bits per heavy atom. The number of aliphatic hydroxyl groups excluding tert-OH is 2. The molecule has 0 radical (unpaired) electrons. The molecular formula is C67H124N4O4. The highest BCUT2D eigenvalue weighted by molar-refractivity contribution is 5.76.